The molecule has 1 aromatic heterocycles. The van der Waals surface area contributed by atoms with E-state index in [4.69, 9.17) is 11.6 Å². The van der Waals surface area contributed by atoms with Crippen LogP contribution in [0.5, 0.6) is 0 Å². The number of amides is 1. The Morgan fingerprint density at radius 3 is 2.93 bits per heavy atom. The third kappa shape index (κ3) is 1.73. The maximum atomic E-state index is 11.5. The first kappa shape index (κ1) is 9.46. The standard InChI is InChI=1S/C10H11ClN2O/c1-7-3-2-4-9(12-7)13-6-8(11)5-10(13)14/h2-4,8H,5-6H2,1H3. The SMILES string of the molecule is Cc1cccc(N2CC(Cl)CC2=O)n1. The predicted molar refractivity (Wildman–Crippen MR) is 55.6 cm³/mol. The number of hydrogen-bond acceptors (Lipinski definition) is 2. The molecule has 0 aliphatic carbocycles. The van der Waals surface area contributed by atoms with Gasteiger partial charge >= 0.3 is 0 Å². The Morgan fingerprint density at radius 1 is 1.57 bits per heavy atom. The van der Waals surface area contributed by atoms with Crippen molar-refractivity contribution in [2.24, 2.45) is 0 Å². The zero-order chi connectivity index (χ0) is 10.1. The van der Waals surface area contributed by atoms with E-state index in [1.165, 1.54) is 0 Å². The number of carbonyl (C=O) groups is 1. The number of alkyl halides is 1. The fourth-order valence-corrected chi connectivity index (χ4v) is 1.83. The Morgan fingerprint density at radius 2 is 2.36 bits per heavy atom. The molecule has 14 heavy (non-hydrogen) atoms. The van der Waals surface area contributed by atoms with Gasteiger partial charge in [-0.15, -0.1) is 11.6 Å². The van der Waals surface area contributed by atoms with Crippen molar-refractivity contribution in [3.63, 3.8) is 0 Å². The second kappa shape index (κ2) is 3.58. The molecule has 0 bridgehead atoms. The van der Waals surface area contributed by atoms with Crippen LogP contribution in [0.4, 0.5) is 5.82 Å². The summed E-state index contributed by atoms with van der Waals surface area (Å²) < 4.78 is 0. The Kier molecular flexibility index (Phi) is 2.42. The molecule has 1 unspecified atom stereocenters. The largest absolute Gasteiger partial charge is 0.295 e. The van der Waals surface area contributed by atoms with Crippen LogP contribution in [0, 0.1) is 6.92 Å². The van der Waals surface area contributed by atoms with Crippen LogP contribution in [0.2, 0.25) is 0 Å². The highest BCUT2D eigenvalue weighted by Gasteiger charge is 2.29. The summed E-state index contributed by atoms with van der Waals surface area (Å²) in [7, 11) is 0. The predicted octanol–water partition coefficient (Wildman–Crippen LogP) is 1.73. The molecule has 0 aromatic carbocycles. The van der Waals surface area contributed by atoms with Crippen LogP contribution in [-0.2, 0) is 4.79 Å². The summed E-state index contributed by atoms with van der Waals surface area (Å²) in [6.07, 6.45) is 0.414. The van der Waals surface area contributed by atoms with Gasteiger partial charge in [-0.05, 0) is 19.1 Å². The molecule has 0 N–H and O–H groups in total. The van der Waals surface area contributed by atoms with E-state index >= 15 is 0 Å². The van der Waals surface area contributed by atoms with Gasteiger partial charge in [-0.2, -0.15) is 0 Å². The highest BCUT2D eigenvalue weighted by atomic mass is 35.5. The molecule has 1 aliphatic heterocycles. The maximum absolute atomic E-state index is 11.5. The van der Waals surface area contributed by atoms with Crippen LogP contribution in [0.1, 0.15) is 12.1 Å². The molecule has 0 radical (unpaired) electrons. The van der Waals surface area contributed by atoms with Crippen LogP contribution >= 0.6 is 11.6 Å². The summed E-state index contributed by atoms with van der Waals surface area (Å²) in [5, 5.41) is -0.0789. The van der Waals surface area contributed by atoms with Gasteiger partial charge in [0.15, 0.2) is 0 Å². The summed E-state index contributed by atoms with van der Waals surface area (Å²) in [4.78, 5) is 17.4. The van der Waals surface area contributed by atoms with E-state index < -0.39 is 0 Å². The van der Waals surface area contributed by atoms with E-state index in [-0.39, 0.29) is 11.3 Å². The van der Waals surface area contributed by atoms with E-state index in [2.05, 4.69) is 4.98 Å². The van der Waals surface area contributed by atoms with Gasteiger partial charge in [0.05, 0.1) is 5.38 Å². The van der Waals surface area contributed by atoms with E-state index in [9.17, 15) is 4.79 Å². The highest BCUT2D eigenvalue weighted by molar-refractivity contribution is 6.24. The molecular formula is C10H11ClN2O. The van der Waals surface area contributed by atoms with Gasteiger partial charge in [0.2, 0.25) is 5.91 Å². The number of rotatable bonds is 1. The van der Waals surface area contributed by atoms with Gasteiger partial charge in [-0.1, -0.05) is 6.07 Å². The lowest BCUT2D eigenvalue weighted by Gasteiger charge is -2.14. The molecule has 1 saturated heterocycles. The summed E-state index contributed by atoms with van der Waals surface area (Å²) in [5.41, 5.74) is 0.910. The Hall–Kier alpha value is -1.09. The van der Waals surface area contributed by atoms with Crippen LogP contribution in [0.3, 0.4) is 0 Å². The third-order valence-electron chi connectivity index (χ3n) is 2.23. The minimum Gasteiger partial charge on any atom is -0.295 e. The summed E-state index contributed by atoms with van der Waals surface area (Å²) in [6, 6.07) is 5.63. The van der Waals surface area contributed by atoms with Gasteiger partial charge in [0.1, 0.15) is 5.82 Å². The molecule has 1 fully saturated rings. The number of pyridine rings is 1. The molecule has 3 nitrogen and oxygen atoms in total. The molecule has 0 saturated carbocycles. The molecule has 1 aliphatic rings. The molecule has 1 atom stereocenters. The number of carbonyl (C=O) groups excluding carboxylic acids is 1. The van der Waals surface area contributed by atoms with Crippen molar-refractivity contribution in [1.82, 2.24) is 4.98 Å². The highest BCUT2D eigenvalue weighted by Crippen LogP contribution is 2.22. The molecule has 1 amide bonds. The molecule has 74 valence electrons. The number of aromatic nitrogens is 1. The molecule has 2 heterocycles. The van der Waals surface area contributed by atoms with Crippen LogP contribution < -0.4 is 4.90 Å². The molecule has 2 rings (SSSR count). The van der Waals surface area contributed by atoms with Crippen LogP contribution in [0.15, 0.2) is 18.2 Å². The van der Waals surface area contributed by atoms with Crippen molar-refractivity contribution >= 4 is 23.3 Å². The number of aryl methyl sites for hydroxylation is 1. The van der Waals surface area contributed by atoms with Gasteiger partial charge in [-0.3, -0.25) is 9.69 Å². The van der Waals surface area contributed by atoms with Crippen molar-refractivity contribution in [3.8, 4) is 0 Å². The number of hydrogen-bond donors (Lipinski definition) is 0. The third-order valence-corrected chi connectivity index (χ3v) is 2.52. The quantitative estimate of drug-likeness (QED) is 0.662. The average molecular weight is 211 g/mol. The normalized spacial score (nSPS) is 21.7. The summed E-state index contributed by atoms with van der Waals surface area (Å²) in [5.74, 6) is 0.765. The average Bonchev–Trinajstić information content (AvgIpc) is 2.45. The van der Waals surface area contributed by atoms with E-state index in [0.717, 1.165) is 5.69 Å². The number of halogens is 1. The smallest absolute Gasteiger partial charge is 0.229 e. The fraction of sp³-hybridized carbons (Fsp3) is 0.400. The minimum absolute atomic E-state index is 0.0584. The zero-order valence-corrected chi connectivity index (χ0v) is 8.66. The Bertz CT molecular complexity index is 367. The first-order chi connectivity index (χ1) is 6.66. The Labute approximate surface area is 87.7 Å². The van der Waals surface area contributed by atoms with Crippen molar-refractivity contribution in [2.45, 2.75) is 18.7 Å². The van der Waals surface area contributed by atoms with E-state index in [1.54, 1.807) is 4.90 Å². The van der Waals surface area contributed by atoms with Gasteiger partial charge in [-0.25, -0.2) is 4.98 Å². The van der Waals surface area contributed by atoms with E-state index in [1.807, 2.05) is 25.1 Å². The van der Waals surface area contributed by atoms with E-state index in [0.29, 0.717) is 18.8 Å². The lowest BCUT2D eigenvalue weighted by Crippen LogP contribution is -2.25. The zero-order valence-electron chi connectivity index (χ0n) is 7.90. The summed E-state index contributed by atoms with van der Waals surface area (Å²) >= 11 is 5.90. The van der Waals surface area contributed by atoms with Crippen molar-refractivity contribution in [1.29, 1.82) is 0 Å². The molecular weight excluding hydrogens is 200 g/mol. The molecule has 1 aromatic rings. The minimum atomic E-state index is -0.0789. The van der Waals surface area contributed by atoms with Crippen molar-refractivity contribution in [3.05, 3.63) is 23.9 Å². The molecule has 0 spiro atoms. The van der Waals surface area contributed by atoms with Gasteiger partial charge in [0, 0.05) is 18.7 Å². The van der Waals surface area contributed by atoms with Gasteiger partial charge in [0.25, 0.3) is 0 Å². The second-order valence-corrected chi connectivity index (χ2v) is 4.06. The first-order valence-electron chi connectivity index (χ1n) is 4.55. The monoisotopic (exact) mass is 210 g/mol. The second-order valence-electron chi connectivity index (χ2n) is 3.44. The van der Waals surface area contributed by atoms with Crippen LogP contribution in [-0.4, -0.2) is 22.8 Å². The van der Waals surface area contributed by atoms with Crippen molar-refractivity contribution < 1.29 is 4.79 Å². The lowest BCUT2D eigenvalue weighted by atomic mass is 10.3. The fourth-order valence-electron chi connectivity index (χ4n) is 1.56. The van der Waals surface area contributed by atoms with Gasteiger partial charge < -0.3 is 0 Å². The van der Waals surface area contributed by atoms with Crippen molar-refractivity contribution in [2.75, 3.05) is 11.4 Å². The Balaban J connectivity index is 2.27. The maximum Gasteiger partial charge on any atom is 0.229 e. The number of nitrogens with zero attached hydrogens (tertiary/aromatic N) is 2. The van der Waals surface area contributed by atoms with Crippen LogP contribution in [0.25, 0.3) is 0 Å². The lowest BCUT2D eigenvalue weighted by molar-refractivity contribution is -0.117. The summed E-state index contributed by atoms with van der Waals surface area (Å²) in [6.45, 7) is 2.47. The molecule has 4 heteroatoms. The number of anilines is 1. The topological polar surface area (TPSA) is 33.2 Å². The first-order valence-corrected chi connectivity index (χ1v) is 4.98.